The number of carbonyl (C=O) groups excluding carboxylic acids is 1. The first-order chi connectivity index (χ1) is 15.2. The van der Waals surface area contributed by atoms with Crippen molar-refractivity contribution in [3.8, 4) is 11.4 Å². The Bertz CT molecular complexity index is 1230. The van der Waals surface area contributed by atoms with E-state index in [0.717, 1.165) is 18.4 Å². The second kappa shape index (κ2) is 8.74. The molecule has 8 nitrogen and oxygen atoms in total. The van der Waals surface area contributed by atoms with Crippen LogP contribution in [0.2, 0.25) is 0 Å². The van der Waals surface area contributed by atoms with E-state index in [1.165, 1.54) is 6.07 Å². The van der Waals surface area contributed by atoms with Crippen molar-refractivity contribution in [2.75, 3.05) is 17.8 Å². The maximum absolute atomic E-state index is 13.1. The fourth-order valence-electron chi connectivity index (χ4n) is 3.66. The van der Waals surface area contributed by atoms with Gasteiger partial charge in [-0.2, -0.15) is 4.98 Å². The van der Waals surface area contributed by atoms with Gasteiger partial charge in [0.25, 0.3) is 10.0 Å². The third kappa shape index (κ3) is 4.52. The van der Waals surface area contributed by atoms with Gasteiger partial charge in [0.1, 0.15) is 0 Å². The number of rotatable bonds is 6. The van der Waals surface area contributed by atoms with Gasteiger partial charge >= 0.3 is 11.8 Å². The average Bonchev–Trinajstić information content (AvgIpc) is 3.46. The molecule has 0 atom stereocenters. The normalized spacial score (nSPS) is 14.2. The van der Waals surface area contributed by atoms with Gasteiger partial charge in [0.2, 0.25) is 5.82 Å². The number of hydrogen-bond acceptors (Lipinski definition) is 6. The Kier molecular flexibility index (Phi) is 6.01. The van der Waals surface area contributed by atoms with Crippen LogP contribution < -0.4 is 4.72 Å². The Morgan fingerprint density at radius 2 is 1.78 bits per heavy atom. The fraction of sp³-hybridized carbons (Fsp3) is 0.348. The van der Waals surface area contributed by atoms with Gasteiger partial charge in [-0.05, 0) is 55.0 Å². The Balaban J connectivity index is 1.59. The predicted molar refractivity (Wildman–Crippen MR) is 121 cm³/mol. The highest BCUT2D eigenvalue weighted by Crippen LogP contribution is 2.26. The van der Waals surface area contributed by atoms with Crippen molar-refractivity contribution in [1.82, 2.24) is 15.0 Å². The molecule has 32 heavy (non-hydrogen) atoms. The lowest BCUT2D eigenvalue weighted by Crippen LogP contribution is -2.27. The summed E-state index contributed by atoms with van der Waals surface area (Å²) in [5, 5.41) is 3.89. The van der Waals surface area contributed by atoms with Gasteiger partial charge in [-0.15, -0.1) is 0 Å². The Morgan fingerprint density at radius 1 is 1.09 bits per heavy atom. The number of likely N-dealkylation sites (tertiary alicyclic amines) is 1. The van der Waals surface area contributed by atoms with Gasteiger partial charge in [-0.25, -0.2) is 8.42 Å². The van der Waals surface area contributed by atoms with Crippen LogP contribution in [0.15, 0.2) is 51.9 Å². The van der Waals surface area contributed by atoms with E-state index in [4.69, 9.17) is 4.52 Å². The van der Waals surface area contributed by atoms with Crippen LogP contribution >= 0.6 is 0 Å². The van der Waals surface area contributed by atoms with Crippen LogP contribution in [0.5, 0.6) is 0 Å². The SMILES string of the molecule is Cc1ccc(-c2noc(C(=O)N3CCCC3)n2)cc1S(=O)(=O)Nc1ccc(C(C)C)cc1. The first-order valence-electron chi connectivity index (χ1n) is 10.6. The van der Waals surface area contributed by atoms with E-state index in [1.54, 1.807) is 36.1 Å². The molecular formula is C23H26N4O4S. The summed E-state index contributed by atoms with van der Waals surface area (Å²) in [6.45, 7) is 7.23. The van der Waals surface area contributed by atoms with Crippen LogP contribution in [0.4, 0.5) is 5.69 Å². The molecule has 0 aliphatic carbocycles. The summed E-state index contributed by atoms with van der Waals surface area (Å²) < 4.78 is 33.9. The molecule has 0 saturated carbocycles. The highest BCUT2D eigenvalue weighted by molar-refractivity contribution is 7.92. The van der Waals surface area contributed by atoms with E-state index in [1.807, 2.05) is 12.1 Å². The number of hydrogen-bond donors (Lipinski definition) is 1. The zero-order valence-corrected chi connectivity index (χ0v) is 19.1. The molecule has 2 aromatic carbocycles. The number of anilines is 1. The van der Waals surface area contributed by atoms with Crippen LogP contribution in [0, 0.1) is 6.92 Å². The number of sulfonamides is 1. The summed E-state index contributed by atoms with van der Waals surface area (Å²) >= 11 is 0. The maximum Gasteiger partial charge on any atom is 0.316 e. The highest BCUT2D eigenvalue weighted by Gasteiger charge is 2.26. The number of aryl methyl sites for hydroxylation is 1. The maximum atomic E-state index is 13.1. The third-order valence-electron chi connectivity index (χ3n) is 5.57. The van der Waals surface area contributed by atoms with Crippen molar-refractivity contribution >= 4 is 21.6 Å². The van der Waals surface area contributed by atoms with E-state index in [2.05, 4.69) is 28.7 Å². The third-order valence-corrected chi connectivity index (χ3v) is 7.09. The number of carbonyl (C=O) groups is 1. The van der Waals surface area contributed by atoms with Crippen molar-refractivity contribution in [3.05, 3.63) is 59.5 Å². The number of nitrogens with one attached hydrogen (secondary N) is 1. The standard InChI is InChI=1S/C23H26N4O4S/c1-15(2)17-8-10-19(11-9-17)26-32(29,30)20-14-18(7-6-16(20)3)21-24-22(31-25-21)23(28)27-12-4-5-13-27/h6-11,14-15,26H,4-5,12-13H2,1-3H3. The molecule has 1 saturated heterocycles. The van der Waals surface area contributed by atoms with Gasteiger partial charge in [-0.3, -0.25) is 9.52 Å². The monoisotopic (exact) mass is 454 g/mol. The summed E-state index contributed by atoms with van der Waals surface area (Å²) in [4.78, 5) is 18.5. The van der Waals surface area contributed by atoms with Gasteiger partial charge in [0.15, 0.2) is 0 Å². The molecule has 2 heterocycles. The molecule has 0 bridgehead atoms. The fourth-order valence-corrected chi connectivity index (χ4v) is 4.99. The number of nitrogens with zero attached hydrogens (tertiary/aromatic N) is 3. The largest absolute Gasteiger partial charge is 0.334 e. The first kappa shape index (κ1) is 22.0. The molecule has 1 fully saturated rings. The molecule has 0 unspecified atom stereocenters. The minimum absolute atomic E-state index is 0.0877. The molecule has 0 radical (unpaired) electrons. The van der Waals surface area contributed by atoms with Crippen LogP contribution in [0.1, 0.15) is 54.4 Å². The summed E-state index contributed by atoms with van der Waals surface area (Å²) in [5.74, 6) is 0.144. The average molecular weight is 455 g/mol. The van der Waals surface area contributed by atoms with Crippen molar-refractivity contribution in [3.63, 3.8) is 0 Å². The molecule has 1 aliphatic heterocycles. The van der Waals surface area contributed by atoms with Crippen molar-refractivity contribution in [2.24, 2.45) is 0 Å². The van der Waals surface area contributed by atoms with Crippen molar-refractivity contribution in [2.45, 2.75) is 44.4 Å². The zero-order chi connectivity index (χ0) is 22.9. The molecule has 168 valence electrons. The summed E-state index contributed by atoms with van der Waals surface area (Å²) in [5.41, 5.74) is 2.65. The molecular weight excluding hydrogens is 428 g/mol. The molecule has 9 heteroatoms. The minimum Gasteiger partial charge on any atom is -0.334 e. The Labute approximate surface area is 187 Å². The quantitative estimate of drug-likeness (QED) is 0.598. The van der Waals surface area contributed by atoms with E-state index < -0.39 is 10.0 Å². The van der Waals surface area contributed by atoms with Gasteiger partial charge in [0.05, 0.1) is 4.90 Å². The van der Waals surface area contributed by atoms with Crippen molar-refractivity contribution < 1.29 is 17.7 Å². The van der Waals surface area contributed by atoms with Gasteiger partial charge < -0.3 is 9.42 Å². The highest BCUT2D eigenvalue weighted by atomic mass is 32.2. The molecule has 1 aromatic heterocycles. The number of benzene rings is 2. The lowest BCUT2D eigenvalue weighted by atomic mass is 10.0. The van der Waals surface area contributed by atoms with E-state index in [9.17, 15) is 13.2 Å². The number of amides is 1. The van der Waals surface area contributed by atoms with E-state index in [0.29, 0.717) is 35.8 Å². The lowest BCUT2D eigenvalue weighted by Gasteiger charge is -2.12. The Morgan fingerprint density at radius 3 is 2.44 bits per heavy atom. The molecule has 1 aliphatic rings. The first-order valence-corrected chi connectivity index (χ1v) is 12.1. The predicted octanol–water partition coefficient (Wildman–Crippen LogP) is 4.21. The number of aromatic nitrogens is 2. The molecule has 1 amide bonds. The molecule has 4 rings (SSSR count). The van der Waals surface area contributed by atoms with E-state index >= 15 is 0 Å². The lowest BCUT2D eigenvalue weighted by molar-refractivity contribution is 0.0743. The van der Waals surface area contributed by atoms with Crippen LogP contribution in [-0.4, -0.2) is 42.5 Å². The summed E-state index contributed by atoms with van der Waals surface area (Å²) in [6, 6.07) is 12.2. The Hall–Kier alpha value is -3.20. The zero-order valence-electron chi connectivity index (χ0n) is 18.3. The smallest absolute Gasteiger partial charge is 0.316 e. The van der Waals surface area contributed by atoms with Crippen LogP contribution in [0.3, 0.4) is 0 Å². The van der Waals surface area contributed by atoms with Crippen LogP contribution in [-0.2, 0) is 10.0 Å². The van der Waals surface area contributed by atoms with Crippen LogP contribution in [0.25, 0.3) is 11.4 Å². The van der Waals surface area contributed by atoms with Gasteiger partial charge in [-0.1, -0.05) is 43.3 Å². The van der Waals surface area contributed by atoms with Crippen molar-refractivity contribution in [1.29, 1.82) is 0 Å². The summed E-state index contributed by atoms with van der Waals surface area (Å²) in [7, 11) is -3.84. The molecule has 3 aromatic rings. The summed E-state index contributed by atoms with van der Waals surface area (Å²) in [6.07, 6.45) is 1.91. The van der Waals surface area contributed by atoms with E-state index in [-0.39, 0.29) is 22.5 Å². The van der Waals surface area contributed by atoms with Gasteiger partial charge in [0, 0.05) is 24.3 Å². The molecule has 1 N–H and O–H groups in total. The molecule has 0 spiro atoms. The topological polar surface area (TPSA) is 105 Å². The second-order valence-electron chi connectivity index (χ2n) is 8.28. The second-order valence-corrected chi connectivity index (χ2v) is 9.94. The minimum atomic E-state index is -3.84.